The van der Waals surface area contributed by atoms with Gasteiger partial charge >= 0.3 is 5.97 Å². The van der Waals surface area contributed by atoms with E-state index in [9.17, 15) is 14.7 Å². The Kier molecular flexibility index (Phi) is 9.04. The lowest BCUT2D eigenvalue weighted by atomic mass is 10.0. The van der Waals surface area contributed by atoms with Gasteiger partial charge in [0.2, 0.25) is 0 Å². The SMILES string of the molecule is O=C(NC(Cc1ccc2cc(OCCCN3CCNCC3)ccc2c1)C(=O)O)c1cc(Cl)cc(Cl)c1. The Morgan fingerprint density at radius 1 is 1.00 bits per heavy atom. The number of carbonyl (C=O) groups is 2. The molecule has 36 heavy (non-hydrogen) atoms. The summed E-state index contributed by atoms with van der Waals surface area (Å²) >= 11 is 11.9. The van der Waals surface area contributed by atoms with E-state index in [0.29, 0.717) is 16.7 Å². The normalized spacial score (nSPS) is 14.9. The molecule has 190 valence electrons. The second-order valence-corrected chi connectivity index (χ2v) is 9.74. The topological polar surface area (TPSA) is 90.9 Å². The second kappa shape index (κ2) is 12.4. The van der Waals surface area contributed by atoms with Crippen molar-refractivity contribution in [2.75, 3.05) is 39.3 Å². The van der Waals surface area contributed by atoms with Crippen LogP contribution in [0, 0.1) is 0 Å². The summed E-state index contributed by atoms with van der Waals surface area (Å²) in [6, 6.07) is 14.9. The lowest BCUT2D eigenvalue weighted by Crippen LogP contribution is -2.43. The molecule has 0 spiro atoms. The summed E-state index contributed by atoms with van der Waals surface area (Å²) in [6.07, 6.45) is 1.11. The van der Waals surface area contributed by atoms with Gasteiger partial charge in [-0.1, -0.05) is 47.5 Å². The monoisotopic (exact) mass is 529 g/mol. The zero-order valence-electron chi connectivity index (χ0n) is 19.8. The van der Waals surface area contributed by atoms with Crippen LogP contribution in [0.15, 0.2) is 54.6 Å². The van der Waals surface area contributed by atoms with Gasteiger partial charge in [-0.05, 0) is 53.1 Å². The number of fused-ring (bicyclic) bond motifs is 1. The number of piperazine rings is 1. The highest BCUT2D eigenvalue weighted by Gasteiger charge is 2.22. The summed E-state index contributed by atoms with van der Waals surface area (Å²) in [7, 11) is 0. The van der Waals surface area contributed by atoms with E-state index < -0.39 is 17.9 Å². The standard InChI is InChI=1S/C27H29Cl2N3O4/c28-22-14-21(15-23(29)17-22)26(33)31-25(27(34)35)13-18-2-3-20-16-24(5-4-19(20)12-18)36-11-1-8-32-9-6-30-7-10-32/h2-5,12,14-17,25,30H,1,6-11,13H2,(H,31,33)(H,34,35). The van der Waals surface area contributed by atoms with Crippen molar-refractivity contribution < 1.29 is 19.4 Å². The average Bonchev–Trinajstić information content (AvgIpc) is 2.86. The highest BCUT2D eigenvalue weighted by atomic mass is 35.5. The minimum Gasteiger partial charge on any atom is -0.494 e. The fourth-order valence-electron chi connectivity index (χ4n) is 4.27. The molecule has 0 saturated carbocycles. The third kappa shape index (κ3) is 7.34. The number of ether oxygens (including phenoxy) is 1. The van der Waals surface area contributed by atoms with E-state index >= 15 is 0 Å². The number of carboxylic acids is 1. The number of amides is 1. The molecule has 0 radical (unpaired) electrons. The predicted molar refractivity (Wildman–Crippen MR) is 142 cm³/mol. The van der Waals surface area contributed by atoms with Crippen molar-refractivity contribution in [3.63, 3.8) is 0 Å². The fraction of sp³-hybridized carbons (Fsp3) is 0.333. The maximum Gasteiger partial charge on any atom is 0.326 e. The van der Waals surface area contributed by atoms with Gasteiger partial charge in [-0.3, -0.25) is 4.79 Å². The van der Waals surface area contributed by atoms with Crippen LogP contribution in [0.4, 0.5) is 0 Å². The summed E-state index contributed by atoms with van der Waals surface area (Å²) in [6.45, 7) is 5.95. The van der Waals surface area contributed by atoms with E-state index in [1.807, 2.05) is 36.4 Å². The molecule has 0 bridgehead atoms. The minimum absolute atomic E-state index is 0.135. The van der Waals surface area contributed by atoms with Crippen LogP contribution in [-0.4, -0.2) is 67.3 Å². The number of hydrogen-bond acceptors (Lipinski definition) is 5. The summed E-state index contributed by atoms with van der Waals surface area (Å²) in [5, 5.41) is 18.2. The van der Waals surface area contributed by atoms with Crippen LogP contribution in [0.2, 0.25) is 10.0 Å². The Labute approximate surface area is 220 Å². The average molecular weight is 530 g/mol. The highest BCUT2D eigenvalue weighted by molar-refractivity contribution is 6.35. The molecule has 1 aliphatic heterocycles. The summed E-state index contributed by atoms with van der Waals surface area (Å²) in [5.41, 5.74) is 1.00. The predicted octanol–water partition coefficient (Wildman–Crippen LogP) is 4.25. The molecule has 7 nitrogen and oxygen atoms in total. The Balaban J connectivity index is 1.35. The van der Waals surface area contributed by atoms with Gasteiger partial charge in [0.15, 0.2) is 0 Å². The van der Waals surface area contributed by atoms with Crippen molar-refractivity contribution in [1.29, 1.82) is 0 Å². The number of nitrogens with zero attached hydrogens (tertiary/aromatic N) is 1. The van der Waals surface area contributed by atoms with Crippen molar-refractivity contribution in [2.24, 2.45) is 0 Å². The zero-order chi connectivity index (χ0) is 25.5. The molecule has 3 aromatic rings. The smallest absolute Gasteiger partial charge is 0.326 e. The number of halogens is 2. The number of rotatable bonds is 10. The first kappa shape index (κ1) is 26.2. The molecule has 1 atom stereocenters. The summed E-state index contributed by atoms with van der Waals surface area (Å²) in [5.74, 6) is -0.862. The second-order valence-electron chi connectivity index (χ2n) is 8.86. The molecule has 1 amide bonds. The van der Waals surface area contributed by atoms with Crippen molar-refractivity contribution >= 4 is 45.9 Å². The van der Waals surface area contributed by atoms with Crippen molar-refractivity contribution in [2.45, 2.75) is 18.9 Å². The molecule has 1 saturated heterocycles. The highest BCUT2D eigenvalue weighted by Crippen LogP contribution is 2.23. The van der Waals surface area contributed by atoms with Crippen LogP contribution in [0.3, 0.4) is 0 Å². The Bertz CT molecular complexity index is 1210. The van der Waals surface area contributed by atoms with E-state index in [0.717, 1.165) is 61.2 Å². The van der Waals surface area contributed by atoms with Gasteiger partial charge in [-0.15, -0.1) is 0 Å². The fourth-order valence-corrected chi connectivity index (χ4v) is 4.79. The van der Waals surface area contributed by atoms with Crippen molar-refractivity contribution in [3.8, 4) is 5.75 Å². The third-order valence-electron chi connectivity index (χ3n) is 6.14. The molecule has 1 unspecified atom stereocenters. The van der Waals surface area contributed by atoms with Gasteiger partial charge in [0.05, 0.1) is 6.61 Å². The molecule has 0 aliphatic carbocycles. The number of aliphatic carboxylic acids is 1. The maximum atomic E-state index is 12.6. The molecule has 1 aliphatic rings. The molecule has 4 rings (SSSR count). The van der Waals surface area contributed by atoms with Gasteiger partial charge in [-0.25, -0.2) is 4.79 Å². The van der Waals surface area contributed by atoms with Crippen LogP contribution >= 0.6 is 23.2 Å². The molecule has 3 N–H and O–H groups in total. The third-order valence-corrected chi connectivity index (χ3v) is 6.58. The van der Waals surface area contributed by atoms with Crippen LogP contribution in [0.25, 0.3) is 10.8 Å². The molecular formula is C27H29Cl2N3O4. The van der Waals surface area contributed by atoms with Gasteiger partial charge in [0.1, 0.15) is 11.8 Å². The first-order chi connectivity index (χ1) is 17.4. The number of benzene rings is 3. The Hall–Kier alpha value is -2.84. The van der Waals surface area contributed by atoms with E-state index in [4.69, 9.17) is 27.9 Å². The van der Waals surface area contributed by atoms with Crippen molar-refractivity contribution in [3.05, 3.63) is 75.8 Å². The van der Waals surface area contributed by atoms with E-state index in [2.05, 4.69) is 15.5 Å². The molecule has 1 heterocycles. The van der Waals surface area contributed by atoms with Gasteiger partial charge < -0.3 is 25.4 Å². The lowest BCUT2D eigenvalue weighted by molar-refractivity contribution is -0.139. The number of nitrogens with one attached hydrogen (secondary N) is 2. The first-order valence-electron chi connectivity index (χ1n) is 12.0. The Morgan fingerprint density at radius 2 is 1.69 bits per heavy atom. The summed E-state index contributed by atoms with van der Waals surface area (Å²) in [4.78, 5) is 26.9. The quantitative estimate of drug-likeness (QED) is 0.340. The van der Waals surface area contributed by atoms with Crippen LogP contribution < -0.4 is 15.4 Å². The van der Waals surface area contributed by atoms with Gasteiger partial charge in [0.25, 0.3) is 5.91 Å². The van der Waals surface area contributed by atoms with Gasteiger partial charge in [-0.2, -0.15) is 0 Å². The number of carboxylic acid groups (broad SMARTS) is 1. The minimum atomic E-state index is -1.12. The van der Waals surface area contributed by atoms with Crippen molar-refractivity contribution in [1.82, 2.24) is 15.5 Å². The van der Waals surface area contributed by atoms with Gasteiger partial charge in [0, 0.05) is 54.8 Å². The molecule has 0 aromatic heterocycles. The lowest BCUT2D eigenvalue weighted by Gasteiger charge is -2.26. The van der Waals surface area contributed by atoms with E-state index in [-0.39, 0.29) is 12.0 Å². The van der Waals surface area contributed by atoms with Crippen LogP contribution in [0.5, 0.6) is 5.75 Å². The largest absolute Gasteiger partial charge is 0.494 e. The van der Waals surface area contributed by atoms with Crippen LogP contribution in [0.1, 0.15) is 22.3 Å². The Morgan fingerprint density at radius 3 is 2.42 bits per heavy atom. The first-order valence-corrected chi connectivity index (χ1v) is 12.7. The zero-order valence-corrected chi connectivity index (χ0v) is 21.3. The number of carbonyl (C=O) groups excluding carboxylic acids is 1. The number of hydrogen-bond donors (Lipinski definition) is 3. The van der Waals surface area contributed by atoms with E-state index in [1.54, 1.807) is 0 Å². The van der Waals surface area contributed by atoms with Crippen LogP contribution in [-0.2, 0) is 11.2 Å². The molecule has 3 aromatic carbocycles. The molecular weight excluding hydrogens is 501 g/mol. The molecule has 1 fully saturated rings. The molecule has 9 heteroatoms. The van der Waals surface area contributed by atoms with E-state index in [1.165, 1.54) is 18.2 Å². The summed E-state index contributed by atoms with van der Waals surface area (Å²) < 4.78 is 5.95. The maximum absolute atomic E-state index is 12.6.